The summed E-state index contributed by atoms with van der Waals surface area (Å²) in [5.74, 6) is -0.565. The molecule has 0 saturated carbocycles. The first-order chi connectivity index (χ1) is 18.0. The highest BCUT2D eigenvalue weighted by Gasteiger charge is 2.24. The van der Waals surface area contributed by atoms with Crippen LogP contribution in [0.3, 0.4) is 0 Å². The molecule has 38 heavy (non-hydrogen) atoms. The van der Waals surface area contributed by atoms with Crippen LogP contribution in [0.5, 0.6) is 5.75 Å². The number of aromatic nitrogens is 1. The standard InChI is InChI=1S/C23H21Cl3N6O5S/c1-27-18(10-32(35)36)31(2)9-12-11-38-21(19(12)26)23(34)30-20-15(6-14(25)7-16(20)37-3)22(33)29-17-5-4-13(24)8-28-17/h4-8,10-11,27H,9H2,1-3H3,(H,30,34)(H,28,29,33). The zero-order valence-corrected chi connectivity index (χ0v) is 23.3. The van der Waals surface area contributed by atoms with Gasteiger partial charge in [0.1, 0.15) is 16.4 Å². The van der Waals surface area contributed by atoms with Crippen LogP contribution in [0.2, 0.25) is 15.1 Å². The van der Waals surface area contributed by atoms with E-state index < -0.39 is 16.7 Å². The van der Waals surface area contributed by atoms with Crippen molar-refractivity contribution < 1.29 is 19.2 Å². The van der Waals surface area contributed by atoms with Gasteiger partial charge in [-0.3, -0.25) is 19.7 Å². The van der Waals surface area contributed by atoms with Gasteiger partial charge in [-0.25, -0.2) is 4.98 Å². The van der Waals surface area contributed by atoms with Gasteiger partial charge in [-0.1, -0.05) is 34.8 Å². The van der Waals surface area contributed by atoms with Gasteiger partial charge in [0.25, 0.3) is 18.0 Å². The lowest BCUT2D eigenvalue weighted by molar-refractivity contribution is -0.404. The minimum Gasteiger partial charge on any atom is -0.494 e. The van der Waals surface area contributed by atoms with Gasteiger partial charge in [0.15, 0.2) is 5.82 Å². The Bertz CT molecular complexity index is 1400. The van der Waals surface area contributed by atoms with Gasteiger partial charge in [0.05, 0.1) is 33.3 Å². The van der Waals surface area contributed by atoms with Crippen LogP contribution in [-0.4, -0.2) is 47.8 Å². The number of anilines is 2. The van der Waals surface area contributed by atoms with Gasteiger partial charge >= 0.3 is 0 Å². The number of nitro groups is 1. The Kier molecular flexibility index (Phi) is 9.75. The average molecular weight is 600 g/mol. The SMILES string of the molecule is CNC(=C[N+](=O)[O-])N(C)Cc1csc(C(=O)Nc2c(OC)cc(Cl)cc2C(=O)Nc2ccc(Cl)cn2)c1Cl. The summed E-state index contributed by atoms with van der Waals surface area (Å²) in [5, 5.41) is 21.4. The molecule has 0 fully saturated rings. The molecule has 15 heteroatoms. The quantitative estimate of drug-likeness (QED) is 0.210. The molecule has 0 saturated heterocycles. The van der Waals surface area contributed by atoms with Crippen molar-refractivity contribution in [3.05, 3.63) is 89.0 Å². The lowest BCUT2D eigenvalue weighted by Gasteiger charge is -2.20. The predicted molar refractivity (Wildman–Crippen MR) is 148 cm³/mol. The number of nitrogens with one attached hydrogen (secondary N) is 3. The van der Waals surface area contributed by atoms with Crippen molar-refractivity contribution >= 4 is 69.5 Å². The summed E-state index contributed by atoms with van der Waals surface area (Å²) in [6.07, 6.45) is 2.20. The monoisotopic (exact) mass is 598 g/mol. The molecule has 0 aliphatic heterocycles. The number of thiophene rings is 1. The Morgan fingerprint density at radius 1 is 1.18 bits per heavy atom. The fourth-order valence-electron chi connectivity index (χ4n) is 3.29. The second-order valence-electron chi connectivity index (χ2n) is 7.61. The van der Waals surface area contributed by atoms with Gasteiger partial charge < -0.3 is 25.6 Å². The highest BCUT2D eigenvalue weighted by atomic mass is 35.5. The number of carbonyl (C=O) groups excluding carboxylic acids is 2. The van der Waals surface area contributed by atoms with Crippen molar-refractivity contribution in [2.45, 2.75) is 6.54 Å². The number of carbonyl (C=O) groups is 2. The minimum atomic E-state index is -0.604. The third-order valence-electron chi connectivity index (χ3n) is 5.05. The van der Waals surface area contributed by atoms with Crippen LogP contribution < -0.4 is 20.7 Å². The number of nitrogens with zero attached hydrogens (tertiary/aromatic N) is 3. The lowest BCUT2D eigenvalue weighted by atomic mass is 10.1. The maximum Gasteiger partial charge on any atom is 0.274 e. The van der Waals surface area contributed by atoms with Crippen molar-refractivity contribution in [2.75, 3.05) is 31.8 Å². The van der Waals surface area contributed by atoms with Crippen LogP contribution in [0.1, 0.15) is 25.6 Å². The molecule has 200 valence electrons. The third-order valence-corrected chi connectivity index (χ3v) is 7.06. The van der Waals surface area contributed by atoms with E-state index in [1.165, 1.54) is 31.5 Å². The fraction of sp³-hybridized carbons (Fsp3) is 0.174. The smallest absolute Gasteiger partial charge is 0.274 e. The molecule has 2 heterocycles. The lowest BCUT2D eigenvalue weighted by Crippen LogP contribution is -2.26. The molecule has 1 aromatic carbocycles. The molecular weight excluding hydrogens is 579 g/mol. The van der Waals surface area contributed by atoms with Crippen molar-refractivity contribution in [1.29, 1.82) is 0 Å². The highest BCUT2D eigenvalue weighted by Crippen LogP contribution is 2.35. The Balaban J connectivity index is 1.88. The van der Waals surface area contributed by atoms with Crippen molar-refractivity contribution in [3.8, 4) is 5.75 Å². The second-order valence-corrected chi connectivity index (χ2v) is 9.74. The predicted octanol–water partition coefficient (Wildman–Crippen LogP) is 5.34. The summed E-state index contributed by atoms with van der Waals surface area (Å²) in [6.45, 7) is 0.190. The van der Waals surface area contributed by atoms with Crippen LogP contribution in [0.25, 0.3) is 0 Å². The largest absolute Gasteiger partial charge is 0.494 e. The number of amides is 2. The Morgan fingerprint density at radius 2 is 1.92 bits per heavy atom. The van der Waals surface area contributed by atoms with Crippen molar-refractivity contribution in [3.63, 3.8) is 0 Å². The molecule has 0 bridgehead atoms. The minimum absolute atomic E-state index is 0.0238. The third kappa shape index (κ3) is 7.04. The van der Waals surface area contributed by atoms with Crippen LogP contribution in [-0.2, 0) is 6.54 Å². The number of hydrogen-bond acceptors (Lipinski definition) is 9. The van der Waals surface area contributed by atoms with E-state index >= 15 is 0 Å². The molecule has 2 amide bonds. The van der Waals surface area contributed by atoms with Crippen molar-refractivity contribution in [1.82, 2.24) is 15.2 Å². The van der Waals surface area contributed by atoms with E-state index in [9.17, 15) is 19.7 Å². The molecule has 3 N–H and O–H groups in total. The van der Waals surface area contributed by atoms with Crippen LogP contribution in [0.4, 0.5) is 11.5 Å². The first-order valence-electron chi connectivity index (χ1n) is 10.7. The summed E-state index contributed by atoms with van der Waals surface area (Å²) in [7, 11) is 4.56. The number of methoxy groups -OCH3 is 1. The Morgan fingerprint density at radius 3 is 2.53 bits per heavy atom. The highest BCUT2D eigenvalue weighted by molar-refractivity contribution is 7.13. The van der Waals surface area contributed by atoms with E-state index in [1.807, 2.05) is 0 Å². The molecule has 0 aliphatic carbocycles. The molecular formula is C23H21Cl3N6O5S. The summed E-state index contributed by atoms with van der Waals surface area (Å²) < 4.78 is 5.36. The van der Waals surface area contributed by atoms with Crippen LogP contribution in [0, 0.1) is 10.1 Å². The van der Waals surface area contributed by atoms with Gasteiger partial charge in [-0.05, 0) is 23.6 Å². The Hall–Kier alpha value is -3.58. The van der Waals surface area contributed by atoms with Crippen LogP contribution >= 0.6 is 46.1 Å². The molecule has 2 aromatic heterocycles. The normalized spacial score (nSPS) is 11.1. The maximum absolute atomic E-state index is 13.2. The summed E-state index contributed by atoms with van der Waals surface area (Å²) >= 11 is 19.6. The Labute approximate surface area is 236 Å². The van der Waals surface area contributed by atoms with E-state index in [2.05, 4.69) is 20.9 Å². The summed E-state index contributed by atoms with van der Waals surface area (Å²) in [4.78, 5) is 42.4. The molecule has 0 spiro atoms. The maximum atomic E-state index is 13.2. The first kappa shape index (κ1) is 29.0. The van der Waals surface area contributed by atoms with Gasteiger partial charge in [-0.2, -0.15) is 0 Å². The number of rotatable bonds is 10. The first-order valence-corrected chi connectivity index (χ1v) is 12.7. The topological polar surface area (TPSA) is 139 Å². The van der Waals surface area contributed by atoms with E-state index in [-0.39, 0.29) is 50.1 Å². The van der Waals surface area contributed by atoms with Gasteiger partial charge in [0, 0.05) is 43.5 Å². The average Bonchev–Trinajstić information content (AvgIpc) is 3.24. The zero-order chi connectivity index (χ0) is 28.0. The number of hydrogen-bond donors (Lipinski definition) is 3. The molecule has 0 aliphatic rings. The van der Waals surface area contributed by atoms with E-state index in [1.54, 1.807) is 30.4 Å². The molecule has 3 rings (SSSR count). The molecule has 3 aromatic rings. The van der Waals surface area contributed by atoms with Gasteiger partial charge in [0.2, 0.25) is 0 Å². The number of benzene rings is 1. The molecule has 0 unspecified atom stereocenters. The fourth-order valence-corrected chi connectivity index (χ4v) is 4.85. The van der Waals surface area contributed by atoms with E-state index in [0.717, 1.165) is 17.5 Å². The second kappa shape index (κ2) is 12.8. The molecule has 0 atom stereocenters. The van der Waals surface area contributed by atoms with Crippen molar-refractivity contribution in [2.24, 2.45) is 0 Å². The zero-order valence-electron chi connectivity index (χ0n) is 20.2. The summed E-state index contributed by atoms with van der Waals surface area (Å²) in [6, 6.07) is 5.91. The summed E-state index contributed by atoms with van der Waals surface area (Å²) in [5.41, 5.74) is 0.669. The number of halogens is 3. The van der Waals surface area contributed by atoms with Gasteiger partial charge in [-0.15, -0.1) is 11.3 Å². The molecule has 0 radical (unpaired) electrons. The van der Waals surface area contributed by atoms with E-state index in [0.29, 0.717) is 10.6 Å². The van der Waals surface area contributed by atoms with E-state index in [4.69, 9.17) is 39.5 Å². The van der Waals surface area contributed by atoms with Crippen LogP contribution in [0.15, 0.2) is 47.9 Å². The molecule has 11 nitrogen and oxygen atoms in total. The number of ether oxygens (including phenoxy) is 1. The number of pyridine rings is 1.